The monoisotopic (exact) mass is 367 g/mol. The van der Waals surface area contributed by atoms with Gasteiger partial charge in [0.25, 0.3) is 0 Å². The number of aromatic nitrogens is 1. The Balaban J connectivity index is 1.64. The van der Waals surface area contributed by atoms with Crippen LogP contribution in [0.3, 0.4) is 0 Å². The van der Waals surface area contributed by atoms with E-state index in [0.717, 1.165) is 28.1 Å². The molecule has 6 heteroatoms. The van der Waals surface area contributed by atoms with Crippen molar-refractivity contribution in [2.75, 3.05) is 18.9 Å². The van der Waals surface area contributed by atoms with Gasteiger partial charge in [-0.25, -0.2) is 4.98 Å². The molecule has 26 heavy (non-hydrogen) atoms. The van der Waals surface area contributed by atoms with E-state index in [1.165, 1.54) is 4.88 Å². The topological polar surface area (TPSA) is 71.6 Å². The summed E-state index contributed by atoms with van der Waals surface area (Å²) in [5, 5.41) is 10.5. The molecule has 0 spiro atoms. The summed E-state index contributed by atoms with van der Waals surface area (Å²) in [6.45, 7) is 4.76. The number of hydrogen-bond donors (Lipinski definition) is 2. The van der Waals surface area contributed by atoms with Crippen molar-refractivity contribution in [2.45, 2.75) is 20.0 Å². The molecule has 0 amide bonds. The van der Waals surface area contributed by atoms with Gasteiger partial charge in [-0.2, -0.15) is 0 Å². The number of phenolic OH excluding ortho intramolecular Hbond substituents is 1. The average Bonchev–Trinajstić information content (AvgIpc) is 2.94. The van der Waals surface area contributed by atoms with Crippen LogP contribution in [0.25, 0.3) is 10.4 Å². The van der Waals surface area contributed by atoms with Crippen LogP contribution in [-0.2, 0) is 13.1 Å². The Hall–Kier alpha value is -2.57. The zero-order valence-corrected chi connectivity index (χ0v) is 15.4. The molecule has 0 saturated carbocycles. The van der Waals surface area contributed by atoms with Crippen LogP contribution in [0.1, 0.15) is 16.0 Å². The number of nitrogen functional groups attached to an aromatic ring is 1. The van der Waals surface area contributed by atoms with Gasteiger partial charge < -0.3 is 15.6 Å². The minimum absolute atomic E-state index is 0.200. The van der Waals surface area contributed by atoms with Crippen LogP contribution < -0.4 is 10.5 Å². The van der Waals surface area contributed by atoms with Crippen LogP contribution in [-0.4, -0.2) is 28.1 Å². The Bertz CT molecular complexity index is 939. The molecule has 3 aromatic rings. The van der Waals surface area contributed by atoms with Crippen LogP contribution >= 0.6 is 11.3 Å². The molecule has 2 aromatic heterocycles. The van der Waals surface area contributed by atoms with Gasteiger partial charge in [0.2, 0.25) is 0 Å². The Morgan fingerprint density at radius 3 is 2.96 bits per heavy atom. The van der Waals surface area contributed by atoms with E-state index in [2.05, 4.69) is 35.0 Å². The Kier molecular flexibility index (Phi) is 4.53. The van der Waals surface area contributed by atoms with Crippen molar-refractivity contribution < 1.29 is 9.84 Å². The highest BCUT2D eigenvalue weighted by Gasteiger charge is 2.20. The van der Waals surface area contributed by atoms with E-state index in [1.54, 1.807) is 23.6 Å². The number of phenols is 1. The van der Waals surface area contributed by atoms with Gasteiger partial charge in [-0.3, -0.25) is 4.90 Å². The molecule has 0 fully saturated rings. The average molecular weight is 367 g/mol. The second-order valence-electron chi connectivity index (χ2n) is 6.50. The molecule has 134 valence electrons. The quantitative estimate of drug-likeness (QED) is 0.737. The summed E-state index contributed by atoms with van der Waals surface area (Å²) in [4.78, 5) is 8.83. The van der Waals surface area contributed by atoms with Gasteiger partial charge in [0.1, 0.15) is 12.4 Å². The summed E-state index contributed by atoms with van der Waals surface area (Å²) in [5.41, 5.74) is 9.01. The van der Waals surface area contributed by atoms with Gasteiger partial charge in [-0.1, -0.05) is 6.07 Å². The number of thiophene rings is 1. The Morgan fingerprint density at radius 2 is 2.19 bits per heavy atom. The minimum atomic E-state index is 0.200. The number of rotatable bonds is 3. The Labute approximate surface area is 156 Å². The van der Waals surface area contributed by atoms with E-state index in [9.17, 15) is 5.11 Å². The van der Waals surface area contributed by atoms with E-state index in [0.29, 0.717) is 31.3 Å². The molecule has 4 rings (SSSR count). The maximum absolute atomic E-state index is 10.5. The molecule has 0 unspecified atom stereocenters. The molecular formula is C20H21N3O2S. The molecule has 3 N–H and O–H groups in total. The first-order valence-corrected chi connectivity index (χ1v) is 9.39. The molecule has 0 saturated heterocycles. The lowest BCUT2D eigenvalue weighted by molar-refractivity contribution is 0.217. The van der Waals surface area contributed by atoms with E-state index < -0.39 is 0 Å². The minimum Gasteiger partial charge on any atom is -0.504 e. The first kappa shape index (κ1) is 16.9. The molecule has 0 atom stereocenters. The van der Waals surface area contributed by atoms with Crippen LogP contribution in [0.4, 0.5) is 5.82 Å². The lowest BCUT2D eigenvalue weighted by atomic mass is 10.1. The third-order valence-corrected chi connectivity index (χ3v) is 5.59. The lowest BCUT2D eigenvalue weighted by Crippen LogP contribution is -2.25. The fourth-order valence-electron chi connectivity index (χ4n) is 3.25. The summed E-state index contributed by atoms with van der Waals surface area (Å²) >= 11 is 1.72. The zero-order chi connectivity index (χ0) is 18.1. The number of aromatic hydroxyl groups is 1. The predicted molar refractivity (Wildman–Crippen MR) is 104 cm³/mol. The highest BCUT2D eigenvalue weighted by molar-refractivity contribution is 7.15. The number of fused-ring (bicyclic) bond motifs is 1. The number of benzene rings is 1. The standard InChI is InChI=1S/C20H21N3O2S/c1-13-4-5-18(26-13)15-9-16-12-23(7-8-25-19(16)17(24)10-15)11-14-3-2-6-22-20(14)21/h2-6,9-10,24H,7-8,11-12H2,1H3,(H2,21,22). The summed E-state index contributed by atoms with van der Waals surface area (Å²) in [6, 6.07) is 12.0. The normalized spacial score (nSPS) is 14.5. The number of aryl methyl sites for hydroxylation is 1. The highest BCUT2D eigenvalue weighted by atomic mass is 32.1. The highest BCUT2D eigenvalue weighted by Crippen LogP contribution is 2.39. The number of hydrogen-bond acceptors (Lipinski definition) is 6. The fourth-order valence-corrected chi connectivity index (χ4v) is 4.10. The molecular weight excluding hydrogens is 346 g/mol. The smallest absolute Gasteiger partial charge is 0.165 e. The fraction of sp³-hybridized carbons (Fsp3) is 0.250. The summed E-state index contributed by atoms with van der Waals surface area (Å²) < 4.78 is 5.84. The van der Waals surface area contributed by atoms with Gasteiger partial charge in [0.05, 0.1) is 0 Å². The van der Waals surface area contributed by atoms with Crippen molar-refractivity contribution in [1.82, 2.24) is 9.88 Å². The van der Waals surface area contributed by atoms with Crippen molar-refractivity contribution in [2.24, 2.45) is 0 Å². The lowest BCUT2D eigenvalue weighted by Gasteiger charge is -2.20. The van der Waals surface area contributed by atoms with E-state index >= 15 is 0 Å². The summed E-state index contributed by atoms with van der Waals surface area (Å²) in [5.74, 6) is 1.35. The largest absolute Gasteiger partial charge is 0.504 e. The number of pyridine rings is 1. The van der Waals surface area contributed by atoms with Gasteiger partial charge in [-0.05, 0) is 42.8 Å². The van der Waals surface area contributed by atoms with Crippen molar-refractivity contribution in [3.63, 3.8) is 0 Å². The van der Waals surface area contributed by atoms with E-state index in [4.69, 9.17) is 10.5 Å². The van der Waals surface area contributed by atoms with E-state index in [-0.39, 0.29) is 5.75 Å². The van der Waals surface area contributed by atoms with Crippen molar-refractivity contribution in [3.8, 4) is 21.9 Å². The van der Waals surface area contributed by atoms with Gasteiger partial charge in [-0.15, -0.1) is 11.3 Å². The zero-order valence-electron chi connectivity index (χ0n) is 14.6. The van der Waals surface area contributed by atoms with Crippen molar-refractivity contribution in [3.05, 3.63) is 58.6 Å². The molecule has 3 heterocycles. The number of nitrogens with zero attached hydrogens (tertiary/aromatic N) is 2. The maximum Gasteiger partial charge on any atom is 0.165 e. The first-order valence-electron chi connectivity index (χ1n) is 8.57. The number of nitrogens with two attached hydrogens (primary N) is 1. The molecule has 5 nitrogen and oxygen atoms in total. The predicted octanol–water partition coefficient (Wildman–Crippen LogP) is 3.80. The van der Waals surface area contributed by atoms with Crippen LogP contribution in [0.5, 0.6) is 11.5 Å². The van der Waals surface area contributed by atoms with Crippen molar-refractivity contribution in [1.29, 1.82) is 0 Å². The third-order valence-electron chi connectivity index (χ3n) is 4.54. The van der Waals surface area contributed by atoms with Gasteiger partial charge >= 0.3 is 0 Å². The van der Waals surface area contributed by atoms with Crippen molar-refractivity contribution >= 4 is 17.2 Å². The van der Waals surface area contributed by atoms with Gasteiger partial charge in [0.15, 0.2) is 11.5 Å². The molecule has 0 radical (unpaired) electrons. The molecule has 0 aliphatic carbocycles. The van der Waals surface area contributed by atoms with E-state index in [1.807, 2.05) is 12.1 Å². The summed E-state index contributed by atoms with van der Waals surface area (Å²) in [7, 11) is 0. The Morgan fingerprint density at radius 1 is 1.31 bits per heavy atom. The number of ether oxygens (including phenoxy) is 1. The molecule has 1 aliphatic rings. The molecule has 1 aromatic carbocycles. The SMILES string of the molecule is Cc1ccc(-c2cc(O)c3c(c2)CN(Cc2cccnc2N)CCO3)s1. The summed E-state index contributed by atoms with van der Waals surface area (Å²) in [6.07, 6.45) is 1.70. The first-order chi connectivity index (χ1) is 12.6. The third kappa shape index (κ3) is 3.38. The second-order valence-corrected chi connectivity index (χ2v) is 7.79. The second kappa shape index (κ2) is 6.97. The molecule has 0 bridgehead atoms. The maximum atomic E-state index is 10.5. The molecule has 1 aliphatic heterocycles. The van der Waals surface area contributed by atoms with Crippen LogP contribution in [0, 0.1) is 6.92 Å². The number of anilines is 1. The van der Waals surface area contributed by atoms with Gasteiger partial charge in [0, 0.05) is 46.7 Å². The van der Waals surface area contributed by atoms with Crippen LogP contribution in [0.15, 0.2) is 42.6 Å². The van der Waals surface area contributed by atoms with Crippen LogP contribution in [0.2, 0.25) is 0 Å².